The van der Waals surface area contributed by atoms with E-state index in [4.69, 9.17) is 15.2 Å². The summed E-state index contributed by atoms with van der Waals surface area (Å²) in [6.45, 7) is 6.22. The van der Waals surface area contributed by atoms with Crippen LogP contribution in [-0.2, 0) is 0 Å². The Labute approximate surface area is 111 Å². The Morgan fingerprint density at radius 3 is 2.58 bits per heavy atom. The van der Waals surface area contributed by atoms with Crippen molar-refractivity contribution in [3.05, 3.63) is 29.3 Å². The maximum atomic E-state index is 5.64. The largest absolute Gasteiger partial charge is 0.464 e. The lowest BCUT2D eigenvalue weighted by Gasteiger charge is -2.09. The molecule has 6 nitrogen and oxygen atoms in total. The predicted octanol–water partition coefficient (Wildman–Crippen LogP) is 2.26. The van der Waals surface area contributed by atoms with Gasteiger partial charge in [-0.15, -0.1) is 4.98 Å². The zero-order valence-corrected chi connectivity index (χ0v) is 11.2. The van der Waals surface area contributed by atoms with Gasteiger partial charge in [0.2, 0.25) is 5.95 Å². The Bertz CT molecular complexity index is 587. The smallest absolute Gasteiger partial charge is 0.330 e. The number of hydrogen-bond donors (Lipinski definition) is 1. The summed E-state index contributed by atoms with van der Waals surface area (Å²) in [4.78, 5) is 11.8. The summed E-state index contributed by atoms with van der Waals surface area (Å²) in [5.41, 5.74) is 7.67. The van der Waals surface area contributed by atoms with Crippen LogP contribution in [0.4, 0.5) is 5.95 Å². The quantitative estimate of drug-likeness (QED) is 0.907. The number of aromatic nitrogens is 3. The number of rotatable bonds is 4. The Hall–Kier alpha value is -2.37. The van der Waals surface area contributed by atoms with Crippen molar-refractivity contribution in [2.24, 2.45) is 0 Å². The van der Waals surface area contributed by atoms with Crippen molar-refractivity contribution in [3.8, 4) is 17.8 Å². The Balaban J connectivity index is 2.29. The third-order valence-electron chi connectivity index (χ3n) is 2.43. The van der Waals surface area contributed by atoms with Crippen LogP contribution < -0.4 is 15.2 Å². The maximum Gasteiger partial charge on any atom is 0.330 e. The summed E-state index contributed by atoms with van der Waals surface area (Å²) >= 11 is 0. The van der Waals surface area contributed by atoms with E-state index in [2.05, 4.69) is 15.0 Å². The average molecular weight is 260 g/mol. The molecular weight excluding hydrogens is 244 g/mol. The molecule has 0 unspecified atom stereocenters. The summed E-state index contributed by atoms with van der Waals surface area (Å²) in [6.07, 6.45) is 0. The summed E-state index contributed by atoms with van der Waals surface area (Å²) in [5, 5.41) is 0. The lowest BCUT2D eigenvalue weighted by Crippen LogP contribution is -2.05. The van der Waals surface area contributed by atoms with Crippen molar-refractivity contribution in [2.45, 2.75) is 20.8 Å². The monoisotopic (exact) mass is 260 g/mol. The Morgan fingerprint density at radius 1 is 1.11 bits per heavy atom. The molecule has 0 saturated heterocycles. The molecule has 0 aliphatic heterocycles. The molecule has 0 aliphatic carbocycles. The molecule has 0 spiro atoms. The highest BCUT2D eigenvalue weighted by Gasteiger charge is 2.09. The number of hydrogen-bond acceptors (Lipinski definition) is 6. The molecule has 1 aromatic carbocycles. The molecule has 19 heavy (non-hydrogen) atoms. The third-order valence-corrected chi connectivity index (χ3v) is 2.43. The molecule has 100 valence electrons. The Kier molecular flexibility index (Phi) is 3.79. The molecule has 0 radical (unpaired) electrons. The third kappa shape index (κ3) is 3.31. The van der Waals surface area contributed by atoms with E-state index in [0.717, 1.165) is 11.1 Å². The van der Waals surface area contributed by atoms with E-state index >= 15 is 0 Å². The maximum absolute atomic E-state index is 5.64. The molecule has 2 rings (SSSR count). The first-order chi connectivity index (χ1) is 9.08. The van der Waals surface area contributed by atoms with Gasteiger partial charge in [-0.25, -0.2) is 0 Å². The SMILES string of the molecule is CCOc1nc(N)nc(Oc2cc(C)ccc2C)n1. The van der Waals surface area contributed by atoms with E-state index in [1.54, 1.807) is 0 Å². The number of nitrogen functional groups attached to an aromatic ring is 1. The number of ether oxygens (including phenoxy) is 2. The first-order valence-electron chi connectivity index (χ1n) is 5.98. The molecule has 0 aliphatic rings. The van der Waals surface area contributed by atoms with E-state index in [9.17, 15) is 0 Å². The first kappa shape index (κ1) is 13.1. The van der Waals surface area contributed by atoms with Crippen molar-refractivity contribution in [1.29, 1.82) is 0 Å². The number of nitrogens with zero attached hydrogens (tertiary/aromatic N) is 3. The van der Waals surface area contributed by atoms with Crippen LogP contribution >= 0.6 is 0 Å². The highest BCUT2D eigenvalue weighted by Crippen LogP contribution is 2.24. The molecule has 0 amide bonds. The first-order valence-corrected chi connectivity index (χ1v) is 5.98. The van der Waals surface area contributed by atoms with E-state index in [1.165, 1.54) is 0 Å². The van der Waals surface area contributed by atoms with Gasteiger partial charge in [0.05, 0.1) is 6.61 Å². The Morgan fingerprint density at radius 2 is 1.84 bits per heavy atom. The fourth-order valence-corrected chi connectivity index (χ4v) is 1.51. The molecule has 0 saturated carbocycles. The van der Waals surface area contributed by atoms with E-state index < -0.39 is 0 Å². The molecule has 0 atom stereocenters. The lowest BCUT2D eigenvalue weighted by molar-refractivity contribution is 0.304. The topological polar surface area (TPSA) is 83.2 Å². The fourth-order valence-electron chi connectivity index (χ4n) is 1.51. The van der Waals surface area contributed by atoms with Crippen LogP contribution in [0, 0.1) is 13.8 Å². The fraction of sp³-hybridized carbons (Fsp3) is 0.308. The van der Waals surface area contributed by atoms with Gasteiger partial charge in [-0.3, -0.25) is 0 Å². The molecule has 1 heterocycles. The molecule has 1 aromatic heterocycles. The molecule has 6 heteroatoms. The van der Waals surface area contributed by atoms with Gasteiger partial charge in [0.25, 0.3) is 0 Å². The minimum atomic E-state index is 0.0683. The highest BCUT2D eigenvalue weighted by atomic mass is 16.5. The molecular formula is C13H16N4O2. The standard InChI is InChI=1S/C13H16N4O2/c1-4-18-12-15-11(14)16-13(17-12)19-10-7-8(2)5-6-9(10)3/h5-7H,4H2,1-3H3,(H2,14,15,16,17). The second-order valence-electron chi connectivity index (χ2n) is 4.06. The van der Waals surface area contributed by atoms with Crippen molar-refractivity contribution >= 4 is 5.95 Å². The normalized spacial score (nSPS) is 10.3. The van der Waals surface area contributed by atoms with Crippen molar-refractivity contribution in [3.63, 3.8) is 0 Å². The predicted molar refractivity (Wildman–Crippen MR) is 71.4 cm³/mol. The summed E-state index contributed by atoms with van der Waals surface area (Å²) in [5.74, 6) is 0.756. The van der Waals surface area contributed by atoms with Gasteiger partial charge < -0.3 is 15.2 Å². The number of anilines is 1. The van der Waals surface area contributed by atoms with Crippen LogP contribution in [0.3, 0.4) is 0 Å². The summed E-state index contributed by atoms with van der Waals surface area (Å²) in [7, 11) is 0. The number of nitrogens with two attached hydrogens (primary N) is 1. The lowest BCUT2D eigenvalue weighted by atomic mass is 10.1. The minimum Gasteiger partial charge on any atom is -0.464 e. The van der Waals surface area contributed by atoms with Crippen LogP contribution in [0.2, 0.25) is 0 Å². The van der Waals surface area contributed by atoms with Crippen LogP contribution in [0.15, 0.2) is 18.2 Å². The van der Waals surface area contributed by atoms with Crippen LogP contribution in [-0.4, -0.2) is 21.6 Å². The second-order valence-corrected chi connectivity index (χ2v) is 4.06. The van der Waals surface area contributed by atoms with E-state index in [-0.39, 0.29) is 18.0 Å². The van der Waals surface area contributed by atoms with Crippen molar-refractivity contribution in [2.75, 3.05) is 12.3 Å². The van der Waals surface area contributed by atoms with Gasteiger partial charge >= 0.3 is 12.0 Å². The van der Waals surface area contributed by atoms with Crippen molar-refractivity contribution < 1.29 is 9.47 Å². The number of benzene rings is 1. The van der Waals surface area contributed by atoms with Gasteiger partial charge in [0, 0.05) is 0 Å². The zero-order chi connectivity index (χ0) is 13.8. The van der Waals surface area contributed by atoms with Gasteiger partial charge in [-0.2, -0.15) is 9.97 Å². The van der Waals surface area contributed by atoms with Crippen LogP contribution in [0.1, 0.15) is 18.1 Å². The summed E-state index contributed by atoms with van der Waals surface area (Å²) < 4.78 is 10.8. The van der Waals surface area contributed by atoms with Crippen LogP contribution in [0.25, 0.3) is 0 Å². The molecule has 0 bridgehead atoms. The van der Waals surface area contributed by atoms with E-state index in [1.807, 2.05) is 39.0 Å². The second kappa shape index (κ2) is 5.51. The average Bonchev–Trinajstić information content (AvgIpc) is 2.33. The van der Waals surface area contributed by atoms with Crippen LogP contribution in [0.5, 0.6) is 17.8 Å². The molecule has 0 fully saturated rings. The highest BCUT2D eigenvalue weighted by molar-refractivity contribution is 5.38. The minimum absolute atomic E-state index is 0.0683. The van der Waals surface area contributed by atoms with Crippen molar-refractivity contribution in [1.82, 2.24) is 15.0 Å². The van der Waals surface area contributed by atoms with Gasteiger partial charge in [-0.1, -0.05) is 12.1 Å². The molecule has 2 N–H and O–H groups in total. The zero-order valence-electron chi connectivity index (χ0n) is 11.2. The van der Waals surface area contributed by atoms with Gasteiger partial charge in [0.1, 0.15) is 5.75 Å². The van der Waals surface area contributed by atoms with E-state index in [0.29, 0.717) is 12.4 Å². The number of aryl methyl sites for hydroxylation is 2. The van der Waals surface area contributed by atoms with Gasteiger partial charge in [-0.05, 0) is 38.0 Å². The van der Waals surface area contributed by atoms with Gasteiger partial charge in [0.15, 0.2) is 0 Å². The molecule has 2 aromatic rings. The summed E-state index contributed by atoms with van der Waals surface area (Å²) in [6, 6.07) is 6.18.